The highest BCUT2D eigenvalue weighted by Gasteiger charge is 2.32. The van der Waals surface area contributed by atoms with E-state index in [0.29, 0.717) is 6.07 Å². The molecule has 0 spiro atoms. The quantitative estimate of drug-likeness (QED) is 0.747. The zero-order chi connectivity index (χ0) is 11.6. The molecule has 1 rings (SSSR count). The molecule has 0 saturated carbocycles. The second kappa shape index (κ2) is 4.38. The van der Waals surface area contributed by atoms with Crippen LogP contribution in [-0.2, 0) is 6.18 Å². The van der Waals surface area contributed by atoms with Gasteiger partial charge >= 0.3 is 6.18 Å². The summed E-state index contributed by atoms with van der Waals surface area (Å²) in [5.41, 5.74) is -1.05. The minimum absolute atomic E-state index is 0.0447. The number of halogens is 5. The van der Waals surface area contributed by atoms with Crippen LogP contribution in [-0.4, -0.2) is 6.61 Å². The minimum atomic E-state index is -4.56. The first-order valence-corrected chi connectivity index (χ1v) is 4.84. The number of alkyl halides is 3. The fraction of sp³-hybridized carbons (Fsp3) is 0.333. The molecule has 0 saturated heterocycles. The molecule has 0 amide bonds. The fourth-order valence-electron chi connectivity index (χ4n) is 1.01. The molecule has 0 fully saturated rings. The van der Waals surface area contributed by atoms with Crippen LogP contribution in [0.2, 0.25) is 0 Å². The fourth-order valence-corrected chi connectivity index (χ4v) is 1.56. The molecule has 1 aromatic carbocycles. The van der Waals surface area contributed by atoms with Gasteiger partial charge < -0.3 is 4.74 Å². The summed E-state index contributed by atoms with van der Waals surface area (Å²) >= 11 is 2.83. The van der Waals surface area contributed by atoms with Gasteiger partial charge in [0.2, 0.25) is 0 Å². The van der Waals surface area contributed by atoms with Crippen molar-refractivity contribution in [2.45, 2.75) is 13.1 Å². The Hall–Kier alpha value is -0.780. The molecule has 0 N–H and O–H groups in total. The molecule has 15 heavy (non-hydrogen) atoms. The van der Waals surface area contributed by atoms with E-state index < -0.39 is 17.6 Å². The molecule has 0 aliphatic rings. The van der Waals surface area contributed by atoms with Gasteiger partial charge in [0.1, 0.15) is 0 Å². The molecule has 84 valence electrons. The second-order valence-electron chi connectivity index (χ2n) is 2.70. The highest BCUT2D eigenvalue weighted by atomic mass is 79.9. The topological polar surface area (TPSA) is 9.23 Å². The van der Waals surface area contributed by atoms with Gasteiger partial charge in [0.25, 0.3) is 0 Å². The summed E-state index contributed by atoms with van der Waals surface area (Å²) in [4.78, 5) is 0. The van der Waals surface area contributed by atoms with Crippen molar-refractivity contribution in [3.63, 3.8) is 0 Å². The first-order chi connectivity index (χ1) is 6.86. The Kier molecular flexibility index (Phi) is 3.59. The third-order valence-electron chi connectivity index (χ3n) is 1.61. The van der Waals surface area contributed by atoms with Crippen LogP contribution in [0.25, 0.3) is 0 Å². The van der Waals surface area contributed by atoms with Crippen molar-refractivity contribution in [3.8, 4) is 5.75 Å². The number of ether oxygens (including phenoxy) is 1. The van der Waals surface area contributed by atoms with Crippen molar-refractivity contribution < 1.29 is 22.3 Å². The largest absolute Gasteiger partial charge is 0.490 e. The van der Waals surface area contributed by atoms with E-state index in [9.17, 15) is 17.6 Å². The molecule has 0 aromatic heterocycles. The molecule has 0 aliphatic carbocycles. The van der Waals surface area contributed by atoms with Crippen LogP contribution in [0.4, 0.5) is 17.6 Å². The van der Waals surface area contributed by atoms with Gasteiger partial charge in [-0.1, -0.05) is 0 Å². The first-order valence-electron chi connectivity index (χ1n) is 4.05. The van der Waals surface area contributed by atoms with Crippen molar-refractivity contribution in [2.75, 3.05) is 6.61 Å². The molecule has 0 atom stereocenters. The van der Waals surface area contributed by atoms with Gasteiger partial charge in [0, 0.05) is 0 Å². The normalized spacial score (nSPS) is 11.6. The molecule has 0 aliphatic heterocycles. The SMILES string of the molecule is CCOc1c(F)cc(C(F)(F)F)cc1Br. The van der Waals surface area contributed by atoms with Crippen LogP contribution in [0.1, 0.15) is 12.5 Å². The van der Waals surface area contributed by atoms with E-state index in [-0.39, 0.29) is 16.8 Å². The Balaban J connectivity index is 3.19. The smallest absolute Gasteiger partial charge is 0.416 e. The van der Waals surface area contributed by atoms with E-state index in [1.807, 2.05) is 0 Å². The molecule has 6 heteroatoms. The molecule has 0 heterocycles. The lowest BCUT2D eigenvalue weighted by Crippen LogP contribution is -2.06. The van der Waals surface area contributed by atoms with Crippen LogP contribution in [0.3, 0.4) is 0 Å². The standard InChI is InChI=1S/C9H7BrF4O/c1-2-15-8-6(10)3-5(4-7(8)11)9(12,13)14/h3-4H,2H2,1H3. The van der Waals surface area contributed by atoms with Crippen LogP contribution in [0.15, 0.2) is 16.6 Å². The maximum absolute atomic E-state index is 13.2. The lowest BCUT2D eigenvalue weighted by atomic mass is 10.2. The van der Waals surface area contributed by atoms with Gasteiger partial charge in [0.05, 0.1) is 16.6 Å². The maximum Gasteiger partial charge on any atom is 0.416 e. The second-order valence-corrected chi connectivity index (χ2v) is 3.55. The molecule has 1 nitrogen and oxygen atoms in total. The molecular formula is C9H7BrF4O. The molecular weight excluding hydrogens is 280 g/mol. The Labute approximate surface area is 92.2 Å². The van der Waals surface area contributed by atoms with Crippen molar-refractivity contribution in [3.05, 3.63) is 28.0 Å². The van der Waals surface area contributed by atoms with Crippen LogP contribution in [0.5, 0.6) is 5.75 Å². The van der Waals surface area contributed by atoms with Crippen LogP contribution < -0.4 is 4.74 Å². The van der Waals surface area contributed by atoms with Crippen LogP contribution >= 0.6 is 15.9 Å². The van der Waals surface area contributed by atoms with E-state index in [1.54, 1.807) is 6.92 Å². The van der Waals surface area contributed by atoms with E-state index in [4.69, 9.17) is 4.74 Å². The third-order valence-corrected chi connectivity index (χ3v) is 2.20. The van der Waals surface area contributed by atoms with E-state index >= 15 is 0 Å². The Morgan fingerprint density at radius 2 is 1.93 bits per heavy atom. The Morgan fingerprint density at radius 3 is 2.33 bits per heavy atom. The Morgan fingerprint density at radius 1 is 1.33 bits per heavy atom. The predicted octanol–water partition coefficient (Wildman–Crippen LogP) is 4.01. The predicted molar refractivity (Wildman–Crippen MR) is 50.3 cm³/mol. The van der Waals surface area contributed by atoms with Gasteiger partial charge in [-0.3, -0.25) is 0 Å². The number of rotatable bonds is 2. The van der Waals surface area contributed by atoms with Gasteiger partial charge in [-0.15, -0.1) is 0 Å². The summed E-state index contributed by atoms with van der Waals surface area (Å²) in [6, 6.07) is 1.20. The van der Waals surface area contributed by atoms with Gasteiger partial charge in [-0.05, 0) is 35.0 Å². The lowest BCUT2D eigenvalue weighted by Gasteiger charge is -2.11. The summed E-state index contributed by atoms with van der Waals surface area (Å²) < 4.78 is 54.7. The minimum Gasteiger partial charge on any atom is -0.490 e. The summed E-state index contributed by atoms with van der Waals surface area (Å²) in [5, 5.41) is 0. The summed E-state index contributed by atoms with van der Waals surface area (Å²) in [6.45, 7) is 1.80. The molecule has 1 aromatic rings. The van der Waals surface area contributed by atoms with Crippen molar-refractivity contribution in [1.29, 1.82) is 0 Å². The van der Waals surface area contributed by atoms with E-state index in [1.165, 1.54) is 0 Å². The van der Waals surface area contributed by atoms with Crippen molar-refractivity contribution in [1.82, 2.24) is 0 Å². The third kappa shape index (κ3) is 2.84. The summed E-state index contributed by atoms with van der Waals surface area (Å²) in [5.74, 6) is -1.23. The van der Waals surface area contributed by atoms with Crippen LogP contribution in [0, 0.1) is 5.82 Å². The number of hydrogen-bond donors (Lipinski definition) is 0. The molecule has 0 unspecified atom stereocenters. The van der Waals surface area contributed by atoms with Crippen molar-refractivity contribution >= 4 is 15.9 Å². The average Bonchev–Trinajstić information content (AvgIpc) is 2.09. The highest BCUT2D eigenvalue weighted by molar-refractivity contribution is 9.10. The van der Waals surface area contributed by atoms with Gasteiger partial charge in [-0.25, -0.2) is 4.39 Å². The van der Waals surface area contributed by atoms with Crippen molar-refractivity contribution in [2.24, 2.45) is 0 Å². The Bertz CT molecular complexity index is 339. The molecule has 0 bridgehead atoms. The summed E-state index contributed by atoms with van der Waals surface area (Å²) in [6.07, 6.45) is -4.56. The van der Waals surface area contributed by atoms with Gasteiger partial charge in [0.15, 0.2) is 11.6 Å². The van der Waals surface area contributed by atoms with E-state index in [0.717, 1.165) is 6.07 Å². The van der Waals surface area contributed by atoms with Gasteiger partial charge in [-0.2, -0.15) is 13.2 Å². The average molecular weight is 287 g/mol. The summed E-state index contributed by atoms with van der Waals surface area (Å²) in [7, 11) is 0. The zero-order valence-electron chi connectivity index (χ0n) is 7.66. The highest BCUT2D eigenvalue weighted by Crippen LogP contribution is 2.36. The number of hydrogen-bond acceptors (Lipinski definition) is 1. The number of benzene rings is 1. The molecule has 0 radical (unpaired) electrons. The first kappa shape index (κ1) is 12.3. The maximum atomic E-state index is 13.2. The van der Waals surface area contributed by atoms with E-state index in [2.05, 4.69) is 15.9 Å². The zero-order valence-corrected chi connectivity index (χ0v) is 9.25. The lowest BCUT2D eigenvalue weighted by molar-refractivity contribution is -0.137. The monoisotopic (exact) mass is 286 g/mol.